The van der Waals surface area contributed by atoms with Crippen LogP contribution in [0.5, 0.6) is 0 Å². The van der Waals surface area contributed by atoms with Gasteiger partial charge >= 0.3 is 0 Å². The van der Waals surface area contributed by atoms with Gasteiger partial charge in [-0.2, -0.15) is 0 Å². The van der Waals surface area contributed by atoms with Gasteiger partial charge in [0, 0.05) is 35.2 Å². The van der Waals surface area contributed by atoms with Gasteiger partial charge in [0.1, 0.15) is 0 Å². The summed E-state index contributed by atoms with van der Waals surface area (Å²) in [5.41, 5.74) is 3.41. The molecular weight excluding hydrogens is 292 g/mol. The molecule has 5 heteroatoms. The fourth-order valence-electron chi connectivity index (χ4n) is 2.01. The second-order valence-electron chi connectivity index (χ2n) is 4.65. The number of nitrogens with zero attached hydrogens (tertiary/aromatic N) is 2. The van der Waals surface area contributed by atoms with Crippen LogP contribution in [0.2, 0.25) is 5.02 Å². The molecule has 0 saturated heterocycles. The van der Waals surface area contributed by atoms with Gasteiger partial charge in [-0.05, 0) is 38.0 Å². The van der Waals surface area contributed by atoms with Crippen molar-refractivity contribution in [1.82, 2.24) is 4.31 Å². The lowest BCUT2D eigenvalue weighted by molar-refractivity contribution is 0.0892. The van der Waals surface area contributed by atoms with Crippen molar-refractivity contribution in [2.24, 2.45) is 4.99 Å². The van der Waals surface area contributed by atoms with E-state index in [4.69, 9.17) is 11.6 Å². The van der Waals surface area contributed by atoms with Gasteiger partial charge in [0.2, 0.25) is 0 Å². The maximum Gasteiger partial charge on any atom is 0.263 e. The zero-order valence-corrected chi connectivity index (χ0v) is 13.4. The Hall–Kier alpha value is -1.26. The normalized spacial score (nSPS) is 14.6. The van der Waals surface area contributed by atoms with Crippen LogP contribution in [-0.4, -0.2) is 29.2 Å². The minimum absolute atomic E-state index is 0.0347. The molecule has 0 radical (unpaired) electrons. The smallest absolute Gasteiger partial charge is 0.263 e. The number of benzene rings is 1. The Morgan fingerprint density at radius 3 is 2.85 bits per heavy atom. The Labute approximate surface area is 128 Å². The van der Waals surface area contributed by atoms with Gasteiger partial charge < -0.3 is 0 Å². The number of carbonyl (C=O) groups is 1. The number of hydrogen-bond acceptors (Lipinski definition) is 3. The monoisotopic (exact) mass is 308 g/mol. The van der Waals surface area contributed by atoms with Crippen molar-refractivity contribution < 1.29 is 4.79 Å². The molecule has 1 aliphatic rings. The van der Waals surface area contributed by atoms with Crippen LogP contribution in [0.1, 0.15) is 35.7 Å². The van der Waals surface area contributed by atoms with E-state index in [2.05, 4.69) is 11.1 Å². The first kappa shape index (κ1) is 15.1. The van der Waals surface area contributed by atoms with Crippen LogP contribution in [-0.2, 0) is 0 Å². The highest BCUT2D eigenvalue weighted by Crippen LogP contribution is 2.29. The number of aliphatic imine (C=N–C) groups is 1. The van der Waals surface area contributed by atoms with Crippen LogP contribution in [0, 0.1) is 0 Å². The number of rotatable bonds is 3. The van der Waals surface area contributed by atoms with Gasteiger partial charge in [0.05, 0.1) is 5.70 Å². The molecule has 0 unspecified atom stereocenters. The minimum Gasteiger partial charge on any atom is -0.286 e. The highest BCUT2D eigenvalue weighted by atomic mass is 35.5. The summed E-state index contributed by atoms with van der Waals surface area (Å²) in [7, 11) is 1.75. The molecule has 1 aliphatic heterocycles. The van der Waals surface area contributed by atoms with E-state index in [-0.39, 0.29) is 5.91 Å². The topological polar surface area (TPSA) is 32.7 Å². The summed E-state index contributed by atoms with van der Waals surface area (Å²) in [6.07, 6.45) is 5.88. The lowest BCUT2D eigenvalue weighted by atomic mass is 10.0. The molecule has 0 spiro atoms. The second-order valence-corrected chi connectivity index (χ2v) is 5.98. The largest absolute Gasteiger partial charge is 0.286 e. The van der Waals surface area contributed by atoms with E-state index >= 15 is 0 Å². The molecule has 1 aromatic rings. The van der Waals surface area contributed by atoms with Crippen LogP contribution in [0.25, 0.3) is 5.70 Å². The first-order chi connectivity index (χ1) is 9.52. The predicted molar refractivity (Wildman–Crippen MR) is 87.4 cm³/mol. The SMILES string of the molecule is CSN(C)C(=O)c1ccc(Cl)c(C2=CCCC(C)=N2)c1. The third-order valence-corrected chi connectivity index (χ3v) is 4.25. The molecule has 0 aliphatic carbocycles. The van der Waals surface area contributed by atoms with E-state index in [1.165, 1.54) is 11.9 Å². The summed E-state index contributed by atoms with van der Waals surface area (Å²) < 4.78 is 1.59. The summed E-state index contributed by atoms with van der Waals surface area (Å²) in [5.74, 6) is -0.0347. The number of hydrogen-bond donors (Lipinski definition) is 0. The summed E-state index contributed by atoms with van der Waals surface area (Å²) >= 11 is 7.64. The van der Waals surface area contributed by atoms with Gasteiger partial charge in [0.25, 0.3) is 5.91 Å². The van der Waals surface area contributed by atoms with E-state index in [9.17, 15) is 4.79 Å². The van der Waals surface area contributed by atoms with E-state index < -0.39 is 0 Å². The molecule has 1 heterocycles. The zero-order chi connectivity index (χ0) is 14.7. The van der Waals surface area contributed by atoms with Crippen molar-refractivity contribution in [2.45, 2.75) is 19.8 Å². The fourth-order valence-corrected chi connectivity index (χ4v) is 2.50. The van der Waals surface area contributed by atoms with Crippen molar-refractivity contribution >= 4 is 40.9 Å². The molecule has 0 N–H and O–H groups in total. The highest BCUT2D eigenvalue weighted by molar-refractivity contribution is 7.96. The van der Waals surface area contributed by atoms with Gasteiger partial charge in [-0.1, -0.05) is 29.6 Å². The molecule has 106 valence electrons. The second kappa shape index (κ2) is 6.46. The molecule has 1 aromatic carbocycles. The maximum absolute atomic E-state index is 12.2. The molecule has 0 saturated carbocycles. The molecule has 20 heavy (non-hydrogen) atoms. The van der Waals surface area contributed by atoms with E-state index in [1.54, 1.807) is 23.5 Å². The summed E-state index contributed by atoms with van der Waals surface area (Å²) in [4.78, 5) is 16.7. The van der Waals surface area contributed by atoms with E-state index in [1.807, 2.05) is 19.2 Å². The molecular formula is C15H17ClN2OS. The predicted octanol–water partition coefficient (Wildman–Crippen LogP) is 4.29. The van der Waals surface area contributed by atoms with Crippen LogP contribution in [0.3, 0.4) is 0 Å². The molecule has 1 amide bonds. The van der Waals surface area contributed by atoms with Gasteiger partial charge in [0.15, 0.2) is 0 Å². The van der Waals surface area contributed by atoms with Crippen molar-refractivity contribution in [3.8, 4) is 0 Å². The van der Waals surface area contributed by atoms with Gasteiger partial charge in [-0.25, -0.2) is 0 Å². The van der Waals surface area contributed by atoms with Crippen molar-refractivity contribution in [2.75, 3.05) is 13.3 Å². The molecule has 0 bridgehead atoms. The summed E-state index contributed by atoms with van der Waals surface area (Å²) in [5, 5.41) is 0.623. The van der Waals surface area contributed by atoms with Gasteiger partial charge in [-0.3, -0.25) is 14.1 Å². The quantitative estimate of drug-likeness (QED) is 0.780. The number of halogens is 1. The van der Waals surface area contributed by atoms with E-state index in [0.717, 1.165) is 29.8 Å². The van der Waals surface area contributed by atoms with Crippen molar-refractivity contribution in [1.29, 1.82) is 0 Å². The minimum atomic E-state index is -0.0347. The number of allylic oxidation sites excluding steroid dienone is 1. The van der Waals surface area contributed by atoms with Crippen LogP contribution >= 0.6 is 23.5 Å². The number of amides is 1. The first-order valence-corrected chi connectivity index (χ1v) is 7.95. The first-order valence-electron chi connectivity index (χ1n) is 6.39. The Morgan fingerprint density at radius 1 is 1.45 bits per heavy atom. The third kappa shape index (κ3) is 3.25. The molecule has 3 nitrogen and oxygen atoms in total. The molecule has 0 atom stereocenters. The Balaban J connectivity index is 2.40. The lowest BCUT2D eigenvalue weighted by Crippen LogP contribution is -2.19. The number of carbonyl (C=O) groups excluding carboxylic acids is 1. The summed E-state index contributed by atoms with van der Waals surface area (Å²) in [6.45, 7) is 2.01. The standard InChI is InChI=1S/C15H17ClN2OS/c1-10-5-4-6-14(17-10)12-9-11(7-8-13(12)16)15(19)18(2)20-3/h6-9H,4-5H2,1-3H3. The maximum atomic E-state index is 12.2. The molecule has 0 fully saturated rings. The highest BCUT2D eigenvalue weighted by Gasteiger charge is 2.15. The van der Waals surface area contributed by atoms with Gasteiger partial charge in [-0.15, -0.1) is 0 Å². The average Bonchev–Trinajstić information content (AvgIpc) is 2.46. The Kier molecular flexibility index (Phi) is 4.89. The fraction of sp³-hybridized carbons (Fsp3) is 0.333. The average molecular weight is 309 g/mol. The van der Waals surface area contributed by atoms with Crippen LogP contribution in [0.15, 0.2) is 29.3 Å². The molecule has 2 rings (SSSR count). The van der Waals surface area contributed by atoms with E-state index in [0.29, 0.717) is 10.6 Å². The van der Waals surface area contributed by atoms with Crippen molar-refractivity contribution in [3.05, 3.63) is 40.4 Å². The summed E-state index contributed by atoms with van der Waals surface area (Å²) in [6, 6.07) is 5.34. The molecule has 0 aromatic heterocycles. The lowest BCUT2D eigenvalue weighted by Gasteiger charge is -2.16. The zero-order valence-electron chi connectivity index (χ0n) is 11.8. The Morgan fingerprint density at radius 2 is 2.20 bits per heavy atom. The van der Waals surface area contributed by atoms with Crippen LogP contribution in [0.4, 0.5) is 0 Å². The van der Waals surface area contributed by atoms with Crippen LogP contribution < -0.4 is 0 Å². The van der Waals surface area contributed by atoms with Crippen molar-refractivity contribution in [3.63, 3.8) is 0 Å². The Bertz CT molecular complexity index is 596. The third-order valence-electron chi connectivity index (χ3n) is 3.20.